The van der Waals surface area contributed by atoms with Crippen LogP contribution in [0.25, 0.3) is 0 Å². The maximum atomic E-state index is 12.2. The Morgan fingerprint density at radius 1 is 1.38 bits per heavy atom. The van der Waals surface area contributed by atoms with Gasteiger partial charge in [0.15, 0.2) is 0 Å². The zero-order valence-corrected chi connectivity index (χ0v) is 13.5. The lowest BCUT2D eigenvalue weighted by Crippen LogP contribution is -2.28. The quantitative estimate of drug-likeness (QED) is 0.711. The van der Waals surface area contributed by atoms with E-state index in [4.69, 9.17) is 9.15 Å². The van der Waals surface area contributed by atoms with E-state index in [1.165, 1.54) is 12.8 Å². The molecule has 0 saturated heterocycles. The first kappa shape index (κ1) is 16.5. The molecular formula is C14H24N2O4S. The van der Waals surface area contributed by atoms with Crippen LogP contribution in [-0.4, -0.2) is 34.7 Å². The number of hydrogen-bond donors (Lipinski definition) is 2. The Bertz CT molecular complexity index is 547. The maximum Gasteiger partial charge on any atom is 0.244 e. The Kier molecular flexibility index (Phi) is 5.80. The molecule has 0 unspecified atom stereocenters. The summed E-state index contributed by atoms with van der Waals surface area (Å²) in [6.07, 6.45) is 4.88. The lowest BCUT2D eigenvalue weighted by atomic mass is 10.3. The molecule has 0 amide bonds. The van der Waals surface area contributed by atoms with Crippen LogP contribution in [0.5, 0.6) is 0 Å². The third-order valence-corrected chi connectivity index (χ3v) is 5.18. The van der Waals surface area contributed by atoms with Crippen LogP contribution in [0.15, 0.2) is 15.4 Å². The van der Waals surface area contributed by atoms with Crippen molar-refractivity contribution in [3.05, 3.63) is 17.6 Å². The summed E-state index contributed by atoms with van der Waals surface area (Å²) in [4.78, 5) is 0.202. The second-order valence-electron chi connectivity index (χ2n) is 5.34. The van der Waals surface area contributed by atoms with Crippen LogP contribution in [0.4, 0.5) is 0 Å². The molecule has 1 saturated carbocycles. The molecule has 1 aliphatic rings. The smallest absolute Gasteiger partial charge is 0.244 e. The molecule has 2 rings (SSSR count). The number of furan rings is 1. The molecule has 2 N–H and O–H groups in total. The molecule has 21 heavy (non-hydrogen) atoms. The van der Waals surface area contributed by atoms with Crippen LogP contribution in [-0.2, 0) is 21.3 Å². The van der Waals surface area contributed by atoms with Crippen molar-refractivity contribution < 1.29 is 17.6 Å². The van der Waals surface area contributed by atoms with Crippen molar-refractivity contribution in [2.24, 2.45) is 0 Å². The van der Waals surface area contributed by atoms with Gasteiger partial charge in [-0.1, -0.05) is 12.8 Å². The highest BCUT2D eigenvalue weighted by Crippen LogP contribution is 2.21. The topological polar surface area (TPSA) is 80.6 Å². The molecular weight excluding hydrogens is 292 g/mol. The van der Waals surface area contributed by atoms with Gasteiger partial charge in [0.25, 0.3) is 0 Å². The van der Waals surface area contributed by atoms with Crippen molar-refractivity contribution in [2.45, 2.75) is 50.2 Å². The number of ether oxygens (including phenoxy) is 1. The predicted octanol–water partition coefficient (Wildman–Crippen LogP) is 1.54. The van der Waals surface area contributed by atoms with E-state index in [1.807, 2.05) is 0 Å². The summed E-state index contributed by atoms with van der Waals surface area (Å²) in [7, 11) is -1.75. The molecule has 1 aromatic rings. The number of sulfonamides is 1. The van der Waals surface area contributed by atoms with Crippen LogP contribution in [0.1, 0.15) is 37.2 Å². The number of aryl methyl sites for hydroxylation is 1. The van der Waals surface area contributed by atoms with E-state index in [1.54, 1.807) is 20.0 Å². The summed E-state index contributed by atoms with van der Waals surface area (Å²) in [5.41, 5.74) is 0. The Morgan fingerprint density at radius 3 is 2.76 bits per heavy atom. The minimum absolute atomic E-state index is 0.202. The van der Waals surface area contributed by atoms with Gasteiger partial charge in [-0.05, 0) is 26.8 Å². The molecule has 1 heterocycles. The fraction of sp³-hybridized carbons (Fsp3) is 0.714. The van der Waals surface area contributed by atoms with Crippen molar-refractivity contribution in [1.82, 2.24) is 10.0 Å². The zero-order chi connectivity index (χ0) is 15.3. The van der Waals surface area contributed by atoms with Gasteiger partial charge in [-0.3, -0.25) is 0 Å². The van der Waals surface area contributed by atoms with Gasteiger partial charge >= 0.3 is 0 Å². The summed E-state index contributed by atoms with van der Waals surface area (Å²) in [6, 6.07) is 1.56. The highest BCUT2D eigenvalue weighted by atomic mass is 32.2. The largest absolute Gasteiger partial charge is 0.464 e. The van der Waals surface area contributed by atoms with E-state index >= 15 is 0 Å². The fourth-order valence-electron chi connectivity index (χ4n) is 2.59. The predicted molar refractivity (Wildman–Crippen MR) is 79.6 cm³/mol. The molecule has 1 aliphatic carbocycles. The van der Waals surface area contributed by atoms with E-state index in [2.05, 4.69) is 10.0 Å². The van der Waals surface area contributed by atoms with Gasteiger partial charge in [0.1, 0.15) is 16.4 Å². The van der Waals surface area contributed by atoms with Crippen LogP contribution >= 0.6 is 0 Å². The van der Waals surface area contributed by atoms with Crippen molar-refractivity contribution in [3.63, 3.8) is 0 Å². The maximum absolute atomic E-state index is 12.2. The van der Waals surface area contributed by atoms with E-state index < -0.39 is 10.0 Å². The molecule has 0 atom stereocenters. The van der Waals surface area contributed by atoms with E-state index in [0.717, 1.165) is 12.8 Å². The highest BCUT2D eigenvalue weighted by Gasteiger charge is 2.21. The van der Waals surface area contributed by atoms with Gasteiger partial charge in [-0.2, -0.15) is 0 Å². The van der Waals surface area contributed by atoms with Crippen molar-refractivity contribution in [2.75, 3.05) is 20.2 Å². The molecule has 0 aromatic carbocycles. The summed E-state index contributed by atoms with van der Waals surface area (Å²) in [5.74, 6) is 1.02. The SMILES string of the molecule is CNCc1cc(S(=O)(=O)NCCOC2CCCC2)c(C)o1. The summed E-state index contributed by atoms with van der Waals surface area (Å²) < 4.78 is 38.1. The Hall–Kier alpha value is -0.890. The van der Waals surface area contributed by atoms with E-state index in [0.29, 0.717) is 30.8 Å². The molecule has 120 valence electrons. The number of rotatable bonds is 8. The minimum Gasteiger partial charge on any atom is -0.464 e. The zero-order valence-electron chi connectivity index (χ0n) is 12.6. The molecule has 6 nitrogen and oxygen atoms in total. The second kappa shape index (κ2) is 7.40. The van der Waals surface area contributed by atoms with Gasteiger partial charge in [0, 0.05) is 12.6 Å². The lowest BCUT2D eigenvalue weighted by molar-refractivity contribution is 0.0626. The highest BCUT2D eigenvalue weighted by molar-refractivity contribution is 7.89. The number of hydrogen-bond acceptors (Lipinski definition) is 5. The van der Waals surface area contributed by atoms with Gasteiger partial charge in [0.05, 0.1) is 19.3 Å². The monoisotopic (exact) mass is 316 g/mol. The molecule has 0 aliphatic heterocycles. The van der Waals surface area contributed by atoms with Crippen molar-refractivity contribution >= 4 is 10.0 Å². The molecule has 7 heteroatoms. The molecule has 1 fully saturated rings. The molecule has 0 spiro atoms. The summed E-state index contributed by atoms with van der Waals surface area (Å²) in [6.45, 7) is 2.85. The van der Waals surface area contributed by atoms with Crippen LogP contribution in [0.3, 0.4) is 0 Å². The first-order valence-corrected chi connectivity index (χ1v) is 8.86. The van der Waals surface area contributed by atoms with E-state index in [-0.39, 0.29) is 11.4 Å². The number of nitrogens with one attached hydrogen (secondary N) is 2. The van der Waals surface area contributed by atoms with Crippen molar-refractivity contribution in [1.29, 1.82) is 0 Å². The Morgan fingerprint density at radius 2 is 2.10 bits per heavy atom. The van der Waals surface area contributed by atoms with Gasteiger partial charge in [0.2, 0.25) is 10.0 Å². The van der Waals surface area contributed by atoms with Crippen LogP contribution in [0, 0.1) is 6.92 Å². The fourth-order valence-corrected chi connectivity index (χ4v) is 3.80. The molecule has 1 aromatic heterocycles. The Balaban J connectivity index is 1.85. The first-order valence-electron chi connectivity index (χ1n) is 7.38. The Labute approximate surface area is 126 Å². The van der Waals surface area contributed by atoms with Crippen LogP contribution < -0.4 is 10.0 Å². The van der Waals surface area contributed by atoms with Crippen molar-refractivity contribution in [3.8, 4) is 0 Å². The third kappa shape index (κ3) is 4.54. The second-order valence-corrected chi connectivity index (χ2v) is 7.07. The standard InChI is InChI=1S/C14H24N2O4S/c1-11-14(9-13(20-11)10-15-2)21(17,18)16-7-8-19-12-5-3-4-6-12/h9,12,15-16H,3-8,10H2,1-2H3. The average Bonchev–Trinajstić information content (AvgIpc) is 3.05. The van der Waals surface area contributed by atoms with Crippen LogP contribution in [0.2, 0.25) is 0 Å². The van der Waals surface area contributed by atoms with Gasteiger partial charge in [-0.15, -0.1) is 0 Å². The lowest BCUT2D eigenvalue weighted by Gasteiger charge is -2.11. The normalized spacial score (nSPS) is 16.7. The first-order chi connectivity index (χ1) is 10.0. The van der Waals surface area contributed by atoms with E-state index in [9.17, 15) is 8.42 Å². The molecule has 0 bridgehead atoms. The van der Waals surface area contributed by atoms with Gasteiger partial charge < -0.3 is 14.5 Å². The average molecular weight is 316 g/mol. The van der Waals surface area contributed by atoms with Gasteiger partial charge in [-0.25, -0.2) is 13.1 Å². The third-order valence-electron chi connectivity index (χ3n) is 3.61. The minimum atomic E-state index is -3.54. The summed E-state index contributed by atoms with van der Waals surface area (Å²) in [5, 5.41) is 2.93. The molecule has 0 radical (unpaired) electrons. The summed E-state index contributed by atoms with van der Waals surface area (Å²) >= 11 is 0.